The van der Waals surface area contributed by atoms with E-state index >= 15 is 0 Å². The molecule has 2 rings (SSSR count). The Balaban J connectivity index is 2.58. The Morgan fingerprint density at radius 3 is 2.80 bits per heavy atom. The number of hydrogen-bond acceptors (Lipinski definition) is 3. The molecule has 0 unspecified atom stereocenters. The topological polar surface area (TPSA) is 42.3 Å². The summed E-state index contributed by atoms with van der Waals surface area (Å²) in [6.07, 6.45) is 3.40. The van der Waals surface area contributed by atoms with Crippen molar-refractivity contribution in [3.8, 4) is 11.1 Å². The van der Waals surface area contributed by atoms with E-state index in [1.54, 1.807) is 18.5 Å². The van der Waals surface area contributed by atoms with Crippen LogP contribution in [0.5, 0.6) is 0 Å². The zero-order valence-electron chi connectivity index (χ0n) is 7.72. The summed E-state index contributed by atoms with van der Waals surface area (Å²) >= 11 is 3.30. The minimum absolute atomic E-state index is 0.414. The van der Waals surface area contributed by atoms with Gasteiger partial charge < -0.3 is 0 Å². The number of halogens is 1. The third-order valence-corrected chi connectivity index (χ3v) is 2.52. The number of pyridine rings is 1. The summed E-state index contributed by atoms with van der Waals surface area (Å²) in [5.41, 5.74) is 2.10. The fraction of sp³-hybridized carbons (Fsp3) is 0. The summed E-state index contributed by atoms with van der Waals surface area (Å²) in [6.45, 7) is 0. The highest BCUT2D eigenvalue weighted by molar-refractivity contribution is 9.10. The van der Waals surface area contributed by atoms with Crippen molar-refractivity contribution < 1.29 is 0 Å². The molecule has 2 aromatic rings. The molecule has 0 spiro atoms. The molecule has 0 saturated carbocycles. The molecule has 1 aromatic carbocycles. The molecule has 0 aliphatic heterocycles. The van der Waals surface area contributed by atoms with Crippen molar-refractivity contribution >= 4 is 21.6 Å². The summed E-state index contributed by atoms with van der Waals surface area (Å²) < 4.78 is 0.838. The SMILES string of the molecule is O=Nc1cc(Br)ccc1-c1cccnc1. The molecule has 4 heteroatoms. The maximum atomic E-state index is 10.7. The lowest BCUT2D eigenvalue weighted by molar-refractivity contribution is 1.32. The lowest BCUT2D eigenvalue weighted by atomic mass is 10.1. The Kier molecular flexibility index (Phi) is 2.87. The third-order valence-electron chi connectivity index (χ3n) is 2.03. The van der Waals surface area contributed by atoms with E-state index in [1.807, 2.05) is 24.3 Å². The van der Waals surface area contributed by atoms with E-state index < -0.39 is 0 Å². The highest BCUT2D eigenvalue weighted by Gasteiger charge is 2.05. The predicted molar refractivity (Wildman–Crippen MR) is 62.8 cm³/mol. The standard InChI is InChI=1S/C11H7BrN2O/c12-9-3-4-10(11(6-9)14-15)8-2-1-5-13-7-8/h1-7H. The molecule has 74 valence electrons. The van der Waals surface area contributed by atoms with E-state index in [0.717, 1.165) is 15.6 Å². The second kappa shape index (κ2) is 4.31. The van der Waals surface area contributed by atoms with E-state index in [0.29, 0.717) is 5.69 Å². The number of aromatic nitrogens is 1. The van der Waals surface area contributed by atoms with Crippen LogP contribution in [0, 0.1) is 4.91 Å². The van der Waals surface area contributed by atoms with E-state index in [-0.39, 0.29) is 0 Å². The van der Waals surface area contributed by atoms with Crippen LogP contribution in [0.15, 0.2) is 52.4 Å². The molecule has 0 aliphatic rings. The highest BCUT2D eigenvalue weighted by atomic mass is 79.9. The maximum Gasteiger partial charge on any atom is 0.116 e. The first kappa shape index (κ1) is 9.98. The van der Waals surface area contributed by atoms with E-state index in [2.05, 4.69) is 26.1 Å². The molecule has 0 fully saturated rings. The lowest BCUT2D eigenvalue weighted by Gasteiger charge is -2.03. The van der Waals surface area contributed by atoms with Crippen molar-refractivity contribution in [2.45, 2.75) is 0 Å². The van der Waals surface area contributed by atoms with Crippen LogP contribution in [0.25, 0.3) is 11.1 Å². The third kappa shape index (κ3) is 2.10. The molecule has 0 radical (unpaired) electrons. The molecule has 0 N–H and O–H groups in total. The van der Waals surface area contributed by atoms with Crippen LogP contribution in [-0.2, 0) is 0 Å². The van der Waals surface area contributed by atoms with Gasteiger partial charge in [0.25, 0.3) is 0 Å². The van der Waals surface area contributed by atoms with Crippen LogP contribution in [0.2, 0.25) is 0 Å². The number of rotatable bonds is 2. The van der Waals surface area contributed by atoms with Gasteiger partial charge in [0.1, 0.15) is 5.69 Å². The molecule has 0 bridgehead atoms. The molecular formula is C11H7BrN2O. The fourth-order valence-electron chi connectivity index (χ4n) is 1.35. The maximum absolute atomic E-state index is 10.7. The summed E-state index contributed by atoms with van der Waals surface area (Å²) in [7, 11) is 0. The van der Waals surface area contributed by atoms with Gasteiger partial charge in [-0.05, 0) is 23.4 Å². The first-order valence-corrected chi connectivity index (χ1v) is 5.14. The second-order valence-electron chi connectivity index (χ2n) is 2.99. The number of benzene rings is 1. The lowest BCUT2D eigenvalue weighted by Crippen LogP contribution is -1.80. The number of hydrogen-bond donors (Lipinski definition) is 0. The minimum atomic E-state index is 0.414. The number of nitroso groups, excluding NO2 is 1. The molecule has 0 atom stereocenters. The molecule has 15 heavy (non-hydrogen) atoms. The van der Waals surface area contributed by atoms with E-state index in [4.69, 9.17) is 0 Å². The van der Waals surface area contributed by atoms with Crippen LogP contribution >= 0.6 is 15.9 Å². The summed E-state index contributed by atoms with van der Waals surface area (Å²) in [5.74, 6) is 0. The zero-order chi connectivity index (χ0) is 10.7. The Labute approximate surface area is 95.3 Å². The van der Waals surface area contributed by atoms with Gasteiger partial charge >= 0.3 is 0 Å². The van der Waals surface area contributed by atoms with Crippen molar-refractivity contribution in [2.75, 3.05) is 0 Å². The van der Waals surface area contributed by atoms with Gasteiger partial charge in [-0.1, -0.05) is 28.1 Å². The molecule has 0 aliphatic carbocycles. The van der Waals surface area contributed by atoms with Crippen LogP contribution in [-0.4, -0.2) is 4.98 Å². The minimum Gasteiger partial charge on any atom is -0.264 e. The number of nitrogens with zero attached hydrogens (tertiary/aromatic N) is 2. The van der Waals surface area contributed by atoms with Crippen molar-refractivity contribution in [3.05, 3.63) is 52.1 Å². The fourth-order valence-corrected chi connectivity index (χ4v) is 1.70. The zero-order valence-corrected chi connectivity index (χ0v) is 9.31. The summed E-state index contributed by atoms with van der Waals surface area (Å²) in [5, 5.41) is 3.00. The highest BCUT2D eigenvalue weighted by Crippen LogP contribution is 2.31. The van der Waals surface area contributed by atoms with E-state index in [9.17, 15) is 4.91 Å². The quantitative estimate of drug-likeness (QED) is 0.771. The normalized spacial score (nSPS) is 9.93. The van der Waals surface area contributed by atoms with Gasteiger partial charge in [0, 0.05) is 28.0 Å². The van der Waals surface area contributed by atoms with Crippen molar-refractivity contribution in [1.29, 1.82) is 0 Å². The Bertz CT molecular complexity index is 485. The van der Waals surface area contributed by atoms with Crippen molar-refractivity contribution in [3.63, 3.8) is 0 Å². The van der Waals surface area contributed by atoms with Crippen molar-refractivity contribution in [2.24, 2.45) is 5.18 Å². The van der Waals surface area contributed by atoms with Gasteiger partial charge in [-0.15, -0.1) is 4.91 Å². The average Bonchev–Trinajstić information content (AvgIpc) is 2.30. The summed E-state index contributed by atoms with van der Waals surface area (Å²) in [4.78, 5) is 14.7. The molecule has 0 amide bonds. The van der Waals surface area contributed by atoms with E-state index in [1.165, 1.54) is 0 Å². The first-order valence-electron chi connectivity index (χ1n) is 4.34. The molecule has 0 saturated heterocycles. The van der Waals surface area contributed by atoms with Gasteiger partial charge in [-0.2, -0.15) is 0 Å². The second-order valence-corrected chi connectivity index (χ2v) is 3.91. The average molecular weight is 263 g/mol. The molecule has 1 aromatic heterocycles. The van der Waals surface area contributed by atoms with Gasteiger partial charge in [0.05, 0.1) is 0 Å². The Morgan fingerprint density at radius 2 is 2.13 bits per heavy atom. The molecule has 3 nitrogen and oxygen atoms in total. The monoisotopic (exact) mass is 262 g/mol. The van der Waals surface area contributed by atoms with Crippen LogP contribution in [0.3, 0.4) is 0 Å². The first-order chi connectivity index (χ1) is 7.31. The largest absolute Gasteiger partial charge is 0.264 e. The van der Waals surface area contributed by atoms with Gasteiger partial charge in [0.2, 0.25) is 0 Å². The molecule has 1 heterocycles. The van der Waals surface area contributed by atoms with Crippen LogP contribution in [0.1, 0.15) is 0 Å². The van der Waals surface area contributed by atoms with Gasteiger partial charge in [-0.3, -0.25) is 4.98 Å². The smallest absolute Gasteiger partial charge is 0.116 e. The molecular weight excluding hydrogens is 256 g/mol. The van der Waals surface area contributed by atoms with Crippen LogP contribution < -0.4 is 0 Å². The Morgan fingerprint density at radius 1 is 1.27 bits per heavy atom. The predicted octanol–water partition coefficient (Wildman–Crippen LogP) is 3.91. The summed E-state index contributed by atoms with van der Waals surface area (Å²) in [6, 6.07) is 9.13. The van der Waals surface area contributed by atoms with Crippen molar-refractivity contribution in [1.82, 2.24) is 4.98 Å². The Hall–Kier alpha value is -1.55. The van der Waals surface area contributed by atoms with Gasteiger partial charge in [-0.25, -0.2) is 0 Å². The van der Waals surface area contributed by atoms with Gasteiger partial charge in [0.15, 0.2) is 0 Å². The van der Waals surface area contributed by atoms with Crippen LogP contribution in [0.4, 0.5) is 5.69 Å².